The average molecular weight is 251 g/mol. The zero-order valence-electron chi connectivity index (χ0n) is 8.40. The Morgan fingerprint density at radius 3 is 2.88 bits per heavy atom. The molecule has 0 saturated heterocycles. The highest BCUT2D eigenvalue weighted by Gasteiger charge is 2.08. The second-order valence-electron chi connectivity index (χ2n) is 3.00. The number of thiazole rings is 1. The van der Waals surface area contributed by atoms with E-state index in [1.54, 1.807) is 13.2 Å². The molecule has 3 nitrogen and oxygen atoms in total. The van der Waals surface area contributed by atoms with Crippen molar-refractivity contribution in [3.8, 4) is 23.1 Å². The van der Waals surface area contributed by atoms with Crippen LogP contribution in [0.1, 0.15) is 5.01 Å². The van der Waals surface area contributed by atoms with E-state index in [0.29, 0.717) is 21.5 Å². The molecule has 2 aromatic rings. The van der Waals surface area contributed by atoms with Crippen molar-refractivity contribution in [2.24, 2.45) is 0 Å². The Hall–Kier alpha value is -1.57. The second-order valence-corrected chi connectivity index (χ2v) is 4.26. The minimum Gasteiger partial charge on any atom is -0.497 e. The lowest BCUT2D eigenvalue weighted by Crippen LogP contribution is -1.85. The SMILES string of the molecule is COc1ccc(-c2csc(C#N)n2)c(Cl)c1. The summed E-state index contributed by atoms with van der Waals surface area (Å²) < 4.78 is 5.06. The predicted molar refractivity (Wildman–Crippen MR) is 63.8 cm³/mol. The number of ether oxygens (including phenoxy) is 1. The molecule has 16 heavy (non-hydrogen) atoms. The third-order valence-electron chi connectivity index (χ3n) is 2.05. The highest BCUT2D eigenvalue weighted by Crippen LogP contribution is 2.31. The van der Waals surface area contributed by atoms with Gasteiger partial charge in [0.2, 0.25) is 0 Å². The van der Waals surface area contributed by atoms with E-state index in [0.717, 1.165) is 5.56 Å². The number of methoxy groups -OCH3 is 1. The standard InChI is InChI=1S/C11H7ClN2OS/c1-15-7-2-3-8(9(12)4-7)10-6-16-11(5-13)14-10/h2-4,6H,1H3. The number of benzene rings is 1. The van der Waals surface area contributed by atoms with Crippen molar-refractivity contribution in [1.82, 2.24) is 4.98 Å². The number of aromatic nitrogens is 1. The summed E-state index contributed by atoms with van der Waals surface area (Å²) in [6, 6.07) is 7.37. The molecule has 1 heterocycles. The van der Waals surface area contributed by atoms with Crippen LogP contribution in [0.4, 0.5) is 0 Å². The van der Waals surface area contributed by atoms with Crippen LogP contribution >= 0.6 is 22.9 Å². The molecule has 0 saturated carbocycles. The van der Waals surface area contributed by atoms with Gasteiger partial charge in [0, 0.05) is 10.9 Å². The lowest BCUT2D eigenvalue weighted by molar-refractivity contribution is 0.415. The van der Waals surface area contributed by atoms with Crippen molar-refractivity contribution in [2.45, 2.75) is 0 Å². The van der Waals surface area contributed by atoms with Gasteiger partial charge < -0.3 is 4.74 Å². The zero-order chi connectivity index (χ0) is 11.5. The van der Waals surface area contributed by atoms with Gasteiger partial charge in [-0.05, 0) is 18.2 Å². The molecule has 5 heteroatoms. The van der Waals surface area contributed by atoms with E-state index in [-0.39, 0.29) is 0 Å². The Labute approximate surface area is 102 Å². The molecule has 0 bridgehead atoms. The lowest BCUT2D eigenvalue weighted by Gasteiger charge is -2.03. The second kappa shape index (κ2) is 4.52. The summed E-state index contributed by atoms with van der Waals surface area (Å²) in [5.41, 5.74) is 1.52. The Morgan fingerprint density at radius 2 is 2.31 bits per heavy atom. The van der Waals surface area contributed by atoms with Crippen molar-refractivity contribution in [3.05, 3.63) is 33.6 Å². The van der Waals surface area contributed by atoms with Crippen LogP contribution in [0.5, 0.6) is 5.75 Å². The van der Waals surface area contributed by atoms with Gasteiger partial charge in [0.1, 0.15) is 11.8 Å². The van der Waals surface area contributed by atoms with E-state index >= 15 is 0 Å². The van der Waals surface area contributed by atoms with E-state index < -0.39 is 0 Å². The monoisotopic (exact) mass is 250 g/mol. The van der Waals surface area contributed by atoms with Gasteiger partial charge in [-0.1, -0.05) is 11.6 Å². The maximum Gasteiger partial charge on any atom is 0.194 e. The first-order chi connectivity index (χ1) is 7.74. The first-order valence-corrected chi connectivity index (χ1v) is 5.70. The molecule has 80 valence electrons. The van der Waals surface area contributed by atoms with E-state index in [4.69, 9.17) is 21.6 Å². The number of nitriles is 1. The minimum atomic E-state index is 0.432. The van der Waals surface area contributed by atoms with E-state index in [1.165, 1.54) is 11.3 Å². The van der Waals surface area contributed by atoms with Crippen molar-refractivity contribution < 1.29 is 4.74 Å². The Bertz CT molecular complexity index is 559. The molecular weight excluding hydrogens is 244 g/mol. The Balaban J connectivity index is 2.45. The molecular formula is C11H7ClN2OS. The molecule has 0 radical (unpaired) electrons. The summed E-state index contributed by atoms with van der Waals surface area (Å²) >= 11 is 7.40. The third kappa shape index (κ3) is 2.01. The van der Waals surface area contributed by atoms with Gasteiger partial charge in [-0.3, -0.25) is 0 Å². The highest BCUT2D eigenvalue weighted by molar-refractivity contribution is 7.10. The van der Waals surface area contributed by atoms with Crippen molar-refractivity contribution in [3.63, 3.8) is 0 Å². The van der Waals surface area contributed by atoms with Crippen LogP contribution < -0.4 is 4.74 Å². The molecule has 0 fully saturated rings. The maximum atomic E-state index is 8.69. The van der Waals surface area contributed by atoms with E-state index in [1.807, 2.05) is 23.6 Å². The number of hydrogen-bond donors (Lipinski definition) is 0. The molecule has 0 aliphatic carbocycles. The Morgan fingerprint density at radius 1 is 1.50 bits per heavy atom. The quantitative estimate of drug-likeness (QED) is 0.821. The zero-order valence-corrected chi connectivity index (χ0v) is 9.97. The van der Waals surface area contributed by atoms with Gasteiger partial charge in [-0.2, -0.15) is 5.26 Å². The fraction of sp³-hybridized carbons (Fsp3) is 0.0909. The summed E-state index contributed by atoms with van der Waals surface area (Å²) in [4.78, 5) is 4.15. The van der Waals surface area contributed by atoms with Gasteiger partial charge >= 0.3 is 0 Å². The molecule has 0 aliphatic rings. The molecule has 1 aromatic carbocycles. The van der Waals surface area contributed by atoms with Crippen LogP contribution in [-0.2, 0) is 0 Å². The number of halogens is 1. The van der Waals surface area contributed by atoms with Gasteiger partial charge in [-0.25, -0.2) is 4.98 Å². The summed E-state index contributed by atoms with van der Waals surface area (Å²) in [6.45, 7) is 0. The van der Waals surface area contributed by atoms with Crippen molar-refractivity contribution in [2.75, 3.05) is 7.11 Å². The maximum absolute atomic E-state index is 8.69. The highest BCUT2D eigenvalue weighted by atomic mass is 35.5. The molecule has 0 atom stereocenters. The van der Waals surface area contributed by atoms with Crippen LogP contribution in [0.25, 0.3) is 11.3 Å². The summed E-state index contributed by atoms with van der Waals surface area (Å²) in [7, 11) is 1.59. The Kier molecular flexibility index (Phi) is 3.09. The first-order valence-electron chi connectivity index (χ1n) is 4.44. The van der Waals surface area contributed by atoms with Gasteiger partial charge in [-0.15, -0.1) is 11.3 Å². The number of nitrogens with zero attached hydrogens (tertiary/aromatic N) is 2. The first kappa shape index (κ1) is 10.9. The average Bonchev–Trinajstić information content (AvgIpc) is 2.77. The molecule has 0 N–H and O–H groups in total. The summed E-state index contributed by atoms with van der Waals surface area (Å²) in [5.74, 6) is 0.699. The van der Waals surface area contributed by atoms with Gasteiger partial charge in [0.25, 0.3) is 0 Å². The largest absolute Gasteiger partial charge is 0.497 e. The van der Waals surface area contributed by atoms with E-state index in [2.05, 4.69) is 4.98 Å². The molecule has 2 rings (SSSR count). The lowest BCUT2D eigenvalue weighted by atomic mass is 10.1. The van der Waals surface area contributed by atoms with Crippen molar-refractivity contribution in [1.29, 1.82) is 5.26 Å². The van der Waals surface area contributed by atoms with Crippen LogP contribution in [-0.4, -0.2) is 12.1 Å². The molecule has 0 aliphatic heterocycles. The van der Waals surface area contributed by atoms with Gasteiger partial charge in [0.15, 0.2) is 5.01 Å². The number of rotatable bonds is 2. The molecule has 0 unspecified atom stereocenters. The number of hydrogen-bond acceptors (Lipinski definition) is 4. The van der Waals surface area contributed by atoms with Crippen LogP contribution in [0.15, 0.2) is 23.6 Å². The van der Waals surface area contributed by atoms with Crippen LogP contribution in [0, 0.1) is 11.3 Å². The molecule has 0 spiro atoms. The topological polar surface area (TPSA) is 45.9 Å². The summed E-state index contributed by atoms with van der Waals surface area (Å²) in [5, 5.41) is 11.5. The fourth-order valence-electron chi connectivity index (χ4n) is 1.28. The normalized spacial score (nSPS) is 9.81. The van der Waals surface area contributed by atoms with Crippen molar-refractivity contribution >= 4 is 22.9 Å². The molecule has 0 amide bonds. The fourth-order valence-corrected chi connectivity index (χ4v) is 2.15. The summed E-state index contributed by atoms with van der Waals surface area (Å²) in [6.07, 6.45) is 0. The minimum absolute atomic E-state index is 0.432. The van der Waals surface area contributed by atoms with Crippen LogP contribution in [0.2, 0.25) is 5.02 Å². The smallest absolute Gasteiger partial charge is 0.194 e. The predicted octanol–water partition coefficient (Wildman–Crippen LogP) is 3.34. The van der Waals surface area contributed by atoms with E-state index in [9.17, 15) is 0 Å². The molecule has 1 aromatic heterocycles. The van der Waals surface area contributed by atoms with Crippen LogP contribution in [0.3, 0.4) is 0 Å². The third-order valence-corrected chi connectivity index (χ3v) is 3.11. The van der Waals surface area contributed by atoms with Gasteiger partial charge in [0.05, 0.1) is 17.8 Å².